The van der Waals surface area contributed by atoms with Crippen molar-refractivity contribution in [1.82, 2.24) is 14.5 Å². The first-order valence-electron chi connectivity index (χ1n) is 8.61. The molecule has 4 heteroatoms. The lowest BCUT2D eigenvalue weighted by atomic mass is 9.94. The van der Waals surface area contributed by atoms with Crippen molar-refractivity contribution in [2.75, 3.05) is 13.1 Å². The van der Waals surface area contributed by atoms with Gasteiger partial charge in [0.1, 0.15) is 6.54 Å². The normalized spacial score (nSPS) is 16.0. The summed E-state index contributed by atoms with van der Waals surface area (Å²) in [5.41, 5.74) is 3.97. The molecule has 1 amide bonds. The molecule has 1 aromatic carbocycles. The Balaban J connectivity index is 1.53. The van der Waals surface area contributed by atoms with Gasteiger partial charge >= 0.3 is 0 Å². The number of carbonyl (C=O) groups is 1. The van der Waals surface area contributed by atoms with E-state index in [4.69, 9.17) is 0 Å². The molecule has 1 aromatic heterocycles. The first-order chi connectivity index (χ1) is 11.6. The Bertz CT molecular complexity index is 690. The summed E-state index contributed by atoms with van der Waals surface area (Å²) in [5.74, 6) is 0.742. The first kappa shape index (κ1) is 16.5. The van der Waals surface area contributed by atoms with Crippen molar-refractivity contribution in [3.63, 3.8) is 0 Å². The average Bonchev–Trinajstić information content (AvgIpc) is 3.08. The van der Waals surface area contributed by atoms with Gasteiger partial charge in [-0.2, -0.15) is 0 Å². The molecule has 0 unspecified atom stereocenters. The molecule has 2 heterocycles. The summed E-state index contributed by atoms with van der Waals surface area (Å²) >= 11 is 0. The van der Waals surface area contributed by atoms with Crippen LogP contribution in [-0.4, -0.2) is 33.4 Å². The smallest absolute Gasteiger partial charge is 0.242 e. The Labute approximate surface area is 143 Å². The number of nitrogens with zero attached hydrogens (tertiary/aromatic N) is 3. The number of piperidine rings is 1. The van der Waals surface area contributed by atoms with Crippen molar-refractivity contribution in [2.45, 2.75) is 33.2 Å². The molecule has 1 aliphatic heterocycles. The summed E-state index contributed by atoms with van der Waals surface area (Å²) in [6, 6.07) is 6.42. The van der Waals surface area contributed by atoms with Gasteiger partial charge in [-0.1, -0.05) is 30.4 Å². The van der Waals surface area contributed by atoms with Gasteiger partial charge in [0.2, 0.25) is 5.91 Å². The Morgan fingerprint density at radius 1 is 1.25 bits per heavy atom. The summed E-state index contributed by atoms with van der Waals surface area (Å²) in [6.45, 7) is 6.39. The van der Waals surface area contributed by atoms with Crippen LogP contribution in [0.25, 0.3) is 6.08 Å². The first-order valence-corrected chi connectivity index (χ1v) is 8.61. The van der Waals surface area contributed by atoms with E-state index in [0.717, 1.165) is 25.9 Å². The highest BCUT2D eigenvalue weighted by molar-refractivity contribution is 5.76. The summed E-state index contributed by atoms with van der Waals surface area (Å²) in [6.07, 6.45) is 11.9. The number of carbonyl (C=O) groups excluding carboxylic acids is 1. The average molecular weight is 323 g/mol. The van der Waals surface area contributed by atoms with Crippen molar-refractivity contribution >= 4 is 12.0 Å². The number of rotatable bonds is 4. The molecule has 2 aromatic rings. The van der Waals surface area contributed by atoms with E-state index in [9.17, 15) is 4.79 Å². The molecular weight excluding hydrogens is 298 g/mol. The van der Waals surface area contributed by atoms with E-state index >= 15 is 0 Å². The van der Waals surface area contributed by atoms with E-state index in [0.29, 0.717) is 12.5 Å². The number of likely N-dealkylation sites (tertiary alicyclic amines) is 1. The van der Waals surface area contributed by atoms with Crippen molar-refractivity contribution in [3.8, 4) is 0 Å². The Morgan fingerprint density at radius 2 is 1.96 bits per heavy atom. The molecule has 0 atom stereocenters. The zero-order valence-electron chi connectivity index (χ0n) is 14.5. The maximum Gasteiger partial charge on any atom is 0.242 e. The largest absolute Gasteiger partial charge is 0.341 e. The molecular formula is C20H25N3O. The van der Waals surface area contributed by atoms with E-state index in [-0.39, 0.29) is 5.91 Å². The van der Waals surface area contributed by atoms with Crippen molar-refractivity contribution in [1.29, 1.82) is 0 Å². The van der Waals surface area contributed by atoms with Crippen molar-refractivity contribution in [3.05, 3.63) is 59.7 Å². The van der Waals surface area contributed by atoms with E-state index in [1.54, 1.807) is 12.5 Å². The third kappa shape index (κ3) is 3.94. The van der Waals surface area contributed by atoms with Crippen LogP contribution in [0.4, 0.5) is 0 Å². The fourth-order valence-corrected chi connectivity index (χ4v) is 3.30. The molecule has 0 radical (unpaired) electrons. The number of imidazole rings is 1. The third-order valence-corrected chi connectivity index (χ3v) is 4.85. The van der Waals surface area contributed by atoms with Crippen LogP contribution < -0.4 is 0 Å². The topological polar surface area (TPSA) is 38.1 Å². The maximum atomic E-state index is 12.3. The minimum absolute atomic E-state index is 0.185. The van der Waals surface area contributed by atoms with Gasteiger partial charge in [0.05, 0.1) is 6.33 Å². The molecule has 1 fully saturated rings. The number of amides is 1. The van der Waals surface area contributed by atoms with Crippen molar-refractivity contribution < 1.29 is 4.79 Å². The lowest BCUT2D eigenvalue weighted by Gasteiger charge is -2.31. The standard InChI is InChI=1S/C20H25N3O/c1-16-4-3-5-17(2)19(16)7-6-18-8-11-23(12-9-18)20(24)14-22-13-10-21-15-22/h3-7,10,13,15,18H,8-9,11-12,14H2,1-2H3. The van der Waals surface area contributed by atoms with Gasteiger partial charge in [-0.25, -0.2) is 4.98 Å². The minimum Gasteiger partial charge on any atom is -0.341 e. The summed E-state index contributed by atoms with van der Waals surface area (Å²) < 4.78 is 1.83. The van der Waals surface area contributed by atoms with Crippen LogP contribution in [0.2, 0.25) is 0 Å². The fourth-order valence-electron chi connectivity index (χ4n) is 3.30. The Morgan fingerprint density at radius 3 is 2.58 bits per heavy atom. The van der Waals surface area contributed by atoms with Crippen LogP contribution in [-0.2, 0) is 11.3 Å². The highest BCUT2D eigenvalue weighted by Crippen LogP contribution is 2.22. The SMILES string of the molecule is Cc1cccc(C)c1C=CC1CCN(C(=O)Cn2ccnc2)CC1. The third-order valence-electron chi connectivity index (χ3n) is 4.85. The lowest BCUT2D eigenvalue weighted by molar-refractivity contribution is -0.133. The second-order valence-corrected chi connectivity index (χ2v) is 6.62. The molecule has 0 bridgehead atoms. The highest BCUT2D eigenvalue weighted by atomic mass is 16.2. The van der Waals surface area contributed by atoms with Crippen molar-refractivity contribution in [2.24, 2.45) is 5.92 Å². The molecule has 126 valence electrons. The number of aryl methyl sites for hydroxylation is 2. The van der Waals surface area contributed by atoms with E-state index in [1.165, 1.54) is 16.7 Å². The second kappa shape index (κ2) is 7.47. The lowest BCUT2D eigenvalue weighted by Crippen LogP contribution is -2.39. The minimum atomic E-state index is 0.185. The molecule has 1 aliphatic rings. The summed E-state index contributed by atoms with van der Waals surface area (Å²) in [4.78, 5) is 18.3. The van der Waals surface area contributed by atoms with Crippen LogP contribution in [0.5, 0.6) is 0 Å². The van der Waals surface area contributed by atoms with Crippen LogP contribution >= 0.6 is 0 Å². The number of allylic oxidation sites excluding steroid dienone is 1. The van der Waals surface area contributed by atoms with Gasteiger partial charge in [-0.05, 0) is 49.3 Å². The zero-order valence-corrected chi connectivity index (χ0v) is 14.5. The fraction of sp³-hybridized carbons (Fsp3) is 0.400. The zero-order chi connectivity index (χ0) is 16.9. The second-order valence-electron chi connectivity index (χ2n) is 6.62. The molecule has 1 saturated heterocycles. The van der Waals surface area contributed by atoms with Gasteiger partial charge in [-0.3, -0.25) is 4.79 Å². The predicted molar refractivity (Wildman–Crippen MR) is 96.5 cm³/mol. The van der Waals surface area contributed by atoms with Crippen LogP contribution in [0, 0.1) is 19.8 Å². The summed E-state index contributed by atoms with van der Waals surface area (Å²) in [7, 11) is 0. The Hall–Kier alpha value is -2.36. The highest BCUT2D eigenvalue weighted by Gasteiger charge is 2.21. The maximum absolute atomic E-state index is 12.3. The molecule has 24 heavy (non-hydrogen) atoms. The van der Waals surface area contributed by atoms with Gasteiger partial charge < -0.3 is 9.47 Å². The van der Waals surface area contributed by atoms with E-state index < -0.39 is 0 Å². The van der Waals surface area contributed by atoms with Crippen LogP contribution in [0.1, 0.15) is 29.5 Å². The van der Waals surface area contributed by atoms with Gasteiger partial charge in [0.25, 0.3) is 0 Å². The number of hydrogen-bond donors (Lipinski definition) is 0. The molecule has 4 nitrogen and oxygen atoms in total. The quantitative estimate of drug-likeness (QED) is 0.864. The van der Waals surface area contributed by atoms with Crippen LogP contribution in [0.3, 0.4) is 0 Å². The molecule has 0 spiro atoms. The monoisotopic (exact) mass is 323 g/mol. The molecule has 3 rings (SSSR count). The molecule has 0 N–H and O–H groups in total. The van der Waals surface area contributed by atoms with Crippen LogP contribution in [0.15, 0.2) is 43.0 Å². The number of aromatic nitrogens is 2. The summed E-state index contributed by atoms with van der Waals surface area (Å²) in [5, 5.41) is 0. The Kier molecular flexibility index (Phi) is 5.14. The van der Waals surface area contributed by atoms with E-state index in [2.05, 4.69) is 49.2 Å². The molecule has 0 saturated carbocycles. The van der Waals surface area contributed by atoms with Gasteiger partial charge in [0.15, 0.2) is 0 Å². The van der Waals surface area contributed by atoms with E-state index in [1.807, 2.05) is 15.7 Å². The molecule has 0 aliphatic carbocycles. The van der Waals surface area contributed by atoms with Gasteiger partial charge in [-0.15, -0.1) is 0 Å². The number of hydrogen-bond acceptors (Lipinski definition) is 2. The van der Waals surface area contributed by atoms with Gasteiger partial charge in [0, 0.05) is 25.5 Å². The number of benzene rings is 1. The predicted octanol–water partition coefficient (Wildman–Crippen LogP) is 3.45.